The van der Waals surface area contributed by atoms with Gasteiger partial charge in [-0.1, -0.05) is 52.4 Å². The van der Waals surface area contributed by atoms with Gasteiger partial charge in [0, 0.05) is 0 Å². The van der Waals surface area contributed by atoms with Crippen LogP contribution < -0.4 is 0 Å². The zero-order chi connectivity index (χ0) is 13.7. The van der Waals surface area contributed by atoms with Crippen molar-refractivity contribution in [1.29, 1.82) is 0 Å². The van der Waals surface area contributed by atoms with Crippen molar-refractivity contribution < 1.29 is 10.1 Å². The van der Waals surface area contributed by atoms with Crippen LogP contribution in [0.3, 0.4) is 0 Å². The van der Waals surface area contributed by atoms with E-state index in [1.807, 2.05) is 0 Å². The van der Waals surface area contributed by atoms with Crippen LogP contribution in [0.1, 0.15) is 78.1 Å². The Balaban J connectivity index is 1.83. The molecule has 0 saturated heterocycles. The highest BCUT2D eigenvalue weighted by Gasteiger charge is 2.35. The minimum absolute atomic E-state index is 0.121. The summed E-state index contributed by atoms with van der Waals surface area (Å²) in [5.74, 6) is 3.06. The van der Waals surface area contributed by atoms with Crippen molar-refractivity contribution in [3.63, 3.8) is 0 Å². The van der Waals surface area contributed by atoms with Gasteiger partial charge >= 0.3 is 0 Å². The first-order valence-corrected chi connectivity index (χ1v) is 8.58. The van der Waals surface area contributed by atoms with E-state index in [2.05, 4.69) is 13.8 Å². The maximum atomic E-state index is 9.38. The van der Waals surface area contributed by atoms with Crippen molar-refractivity contribution in [2.45, 2.75) is 84.2 Å². The molecule has 2 aliphatic carbocycles. The molecule has 2 rings (SSSR count). The molecule has 1 N–H and O–H groups in total. The lowest BCUT2D eigenvalue weighted by atomic mass is 9.71. The van der Waals surface area contributed by atoms with Crippen LogP contribution in [0.25, 0.3) is 0 Å². The molecule has 112 valence electrons. The SMILES string of the molecule is CCC1CCC(C(OO)C2CCC(CC)CC2)CC1. The van der Waals surface area contributed by atoms with Gasteiger partial charge in [-0.05, 0) is 49.4 Å². The van der Waals surface area contributed by atoms with Crippen LogP contribution in [0.2, 0.25) is 0 Å². The molecule has 0 heterocycles. The Bertz CT molecular complexity index is 214. The highest BCUT2D eigenvalue weighted by Crippen LogP contribution is 2.40. The second kappa shape index (κ2) is 7.64. The molecule has 0 amide bonds. The maximum Gasteiger partial charge on any atom is 0.0983 e. The summed E-state index contributed by atoms with van der Waals surface area (Å²) in [7, 11) is 0. The lowest BCUT2D eigenvalue weighted by molar-refractivity contribution is -0.307. The molecule has 0 aliphatic heterocycles. The molecule has 2 fully saturated rings. The van der Waals surface area contributed by atoms with Gasteiger partial charge in [0.15, 0.2) is 0 Å². The fraction of sp³-hybridized carbons (Fsp3) is 1.00. The van der Waals surface area contributed by atoms with Gasteiger partial charge < -0.3 is 0 Å². The van der Waals surface area contributed by atoms with Gasteiger partial charge in [0.25, 0.3) is 0 Å². The number of rotatable bonds is 5. The average Bonchev–Trinajstić information content (AvgIpc) is 2.49. The monoisotopic (exact) mass is 268 g/mol. The molecule has 0 aromatic heterocycles. The first kappa shape index (κ1) is 15.3. The van der Waals surface area contributed by atoms with E-state index in [9.17, 15) is 5.26 Å². The molecule has 2 saturated carbocycles. The van der Waals surface area contributed by atoms with Gasteiger partial charge in [-0.3, -0.25) is 5.26 Å². The van der Waals surface area contributed by atoms with E-state index in [1.54, 1.807) is 0 Å². The Hall–Kier alpha value is -0.0800. The molecule has 2 aliphatic rings. The summed E-state index contributed by atoms with van der Waals surface area (Å²) >= 11 is 0. The molecule has 2 heteroatoms. The summed E-state index contributed by atoms with van der Waals surface area (Å²) < 4.78 is 0. The van der Waals surface area contributed by atoms with Gasteiger partial charge in [0.1, 0.15) is 0 Å². The topological polar surface area (TPSA) is 29.5 Å². The number of hydrogen-bond donors (Lipinski definition) is 1. The molecule has 2 nitrogen and oxygen atoms in total. The zero-order valence-corrected chi connectivity index (χ0v) is 12.8. The minimum atomic E-state index is 0.121. The molecule has 19 heavy (non-hydrogen) atoms. The lowest BCUT2D eigenvalue weighted by Gasteiger charge is -2.38. The summed E-state index contributed by atoms with van der Waals surface area (Å²) in [5, 5.41) is 9.38. The van der Waals surface area contributed by atoms with Crippen molar-refractivity contribution >= 4 is 0 Å². The van der Waals surface area contributed by atoms with Crippen LogP contribution in [0.4, 0.5) is 0 Å². The molecule has 0 unspecified atom stereocenters. The van der Waals surface area contributed by atoms with E-state index in [-0.39, 0.29) is 6.10 Å². The Morgan fingerprint density at radius 1 is 0.789 bits per heavy atom. The van der Waals surface area contributed by atoms with Gasteiger partial charge in [-0.15, -0.1) is 0 Å². The third-order valence-corrected chi connectivity index (χ3v) is 5.99. The van der Waals surface area contributed by atoms with E-state index in [1.165, 1.54) is 64.2 Å². The molecule has 0 bridgehead atoms. The van der Waals surface area contributed by atoms with Gasteiger partial charge in [-0.2, -0.15) is 0 Å². The second-order valence-electron chi connectivity index (χ2n) is 6.95. The maximum absolute atomic E-state index is 9.38. The third-order valence-electron chi connectivity index (χ3n) is 5.99. The molecular weight excluding hydrogens is 236 g/mol. The van der Waals surface area contributed by atoms with Crippen LogP contribution in [0.15, 0.2) is 0 Å². The summed E-state index contributed by atoms with van der Waals surface area (Å²) in [6.45, 7) is 4.61. The fourth-order valence-electron chi connectivity index (χ4n) is 4.41. The molecule has 0 aromatic rings. The first-order valence-electron chi connectivity index (χ1n) is 8.58. The minimum Gasteiger partial charge on any atom is -0.252 e. The molecular formula is C17H32O2. The predicted octanol–water partition coefficient (Wildman–Crippen LogP) is 5.28. The predicted molar refractivity (Wildman–Crippen MR) is 79.0 cm³/mol. The first-order chi connectivity index (χ1) is 9.28. The van der Waals surface area contributed by atoms with E-state index in [0.29, 0.717) is 11.8 Å². The van der Waals surface area contributed by atoms with Gasteiger partial charge in [0.05, 0.1) is 6.10 Å². The van der Waals surface area contributed by atoms with Crippen molar-refractivity contribution in [1.82, 2.24) is 0 Å². The van der Waals surface area contributed by atoms with E-state index in [0.717, 1.165) is 11.8 Å². The second-order valence-corrected chi connectivity index (χ2v) is 6.95. The standard InChI is InChI=1S/C17H32O2/c1-3-13-5-9-15(10-6-13)17(19-18)16-11-7-14(4-2)8-12-16/h13-18H,3-12H2,1-2H3. The van der Waals surface area contributed by atoms with Crippen molar-refractivity contribution in [2.75, 3.05) is 0 Å². The van der Waals surface area contributed by atoms with Crippen LogP contribution in [-0.4, -0.2) is 11.4 Å². The summed E-state index contributed by atoms with van der Waals surface area (Å²) in [6.07, 6.45) is 13.2. The molecule has 0 atom stereocenters. The smallest absolute Gasteiger partial charge is 0.0983 e. The number of hydrogen-bond acceptors (Lipinski definition) is 2. The van der Waals surface area contributed by atoms with Gasteiger partial charge in [0.2, 0.25) is 0 Å². The summed E-state index contributed by atoms with van der Waals surface area (Å²) in [4.78, 5) is 4.97. The van der Waals surface area contributed by atoms with Crippen LogP contribution in [0, 0.1) is 23.7 Å². The van der Waals surface area contributed by atoms with Gasteiger partial charge in [-0.25, -0.2) is 4.89 Å². The summed E-state index contributed by atoms with van der Waals surface area (Å²) in [5.41, 5.74) is 0. The third kappa shape index (κ3) is 3.95. The van der Waals surface area contributed by atoms with Crippen molar-refractivity contribution in [2.24, 2.45) is 23.7 Å². The Labute approximate surface area is 118 Å². The molecule has 0 spiro atoms. The van der Waals surface area contributed by atoms with E-state index < -0.39 is 0 Å². The Kier molecular flexibility index (Phi) is 6.15. The van der Waals surface area contributed by atoms with Crippen LogP contribution in [-0.2, 0) is 4.89 Å². The van der Waals surface area contributed by atoms with E-state index >= 15 is 0 Å². The van der Waals surface area contributed by atoms with Crippen LogP contribution in [0.5, 0.6) is 0 Å². The Morgan fingerprint density at radius 2 is 1.16 bits per heavy atom. The largest absolute Gasteiger partial charge is 0.252 e. The molecule has 0 aromatic carbocycles. The zero-order valence-electron chi connectivity index (χ0n) is 12.8. The van der Waals surface area contributed by atoms with Crippen LogP contribution >= 0.6 is 0 Å². The normalized spacial score (nSPS) is 38.1. The fourth-order valence-corrected chi connectivity index (χ4v) is 4.41. The lowest BCUT2D eigenvalue weighted by Crippen LogP contribution is -2.36. The highest BCUT2D eigenvalue weighted by atomic mass is 17.1. The molecule has 0 radical (unpaired) electrons. The highest BCUT2D eigenvalue weighted by molar-refractivity contribution is 4.84. The summed E-state index contributed by atoms with van der Waals surface area (Å²) in [6, 6.07) is 0. The quantitative estimate of drug-likeness (QED) is 0.543. The van der Waals surface area contributed by atoms with Crippen molar-refractivity contribution in [3.8, 4) is 0 Å². The Morgan fingerprint density at radius 3 is 1.42 bits per heavy atom. The average molecular weight is 268 g/mol. The van der Waals surface area contributed by atoms with E-state index in [4.69, 9.17) is 4.89 Å². The van der Waals surface area contributed by atoms with Crippen molar-refractivity contribution in [3.05, 3.63) is 0 Å².